The Hall–Kier alpha value is -1.13. The number of nitrogens with zero attached hydrogens (tertiary/aromatic N) is 1. The molecule has 1 aromatic rings. The molecular formula is C17H29N3O. The highest BCUT2D eigenvalue weighted by atomic mass is 16.5. The zero-order valence-corrected chi connectivity index (χ0v) is 13.8. The highest BCUT2D eigenvalue weighted by molar-refractivity contribution is 5.41. The molecule has 1 aliphatic rings. The standard InChI is InChI=1S/C17H29N3O/c1-11-5-7-14(8-6-11)16(20-18)9-15-13(3)17(21-4)12(2)10-19-15/h10-11,14,16,20H,5-9,18H2,1-4H3. The van der Waals surface area contributed by atoms with Gasteiger partial charge < -0.3 is 4.74 Å². The van der Waals surface area contributed by atoms with Gasteiger partial charge >= 0.3 is 0 Å². The van der Waals surface area contributed by atoms with E-state index in [9.17, 15) is 0 Å². The van der Waals surface area contributed by atoms with Crippen molar-refractivity contribution in [3.05, 3.63) is 23.0 Å². The van der Waals surface area contributed by atoms with Gasteiger partial charge in [-0.25, -0.2) is 0 Å². The zero-order valence-electron chi connectivity index (χ0n) is 13.8. The predicted molar refractivity (Wildman–Crippen MR) is 86.2 cm³/mol. The molecule has 4 nitrogen and oxygen atoms in total. The van der Waals surface area contributed by atoms with Gasteiger partial charge in [0.25, 0.3) is 0 Å². The van der Waals surface area contributed by atoms with Crippen molar-refractivity contribution >= 4 is 0 Å². The van der Waals surface area contributed by atoms with Gasteiger partial charge in [-0.15, -0.1) is 0 Å². The fourth-order valence-electron chi connectivity index (χ4n) is 3.54. The summed E-state index contributed by atoms with van der Waals surface area (Å²) < 4.78 is 5.50. The molecule has 1 atom stereocenters. The second kappa shape index (κ2) is 7.23. The van der Waals surface area contributed by atoms with E-state index in [4.69, 9.17) is 10.6 Å². The lowest BCUT2D eigenvalue weighted by Crippen LogP contribution is -2.44. The van der Waals surface area contributed by atoms with Crippen LogP contribution >= 0.6 is 0 Å². The maximum absolute atomic E-state index is 5.83. The van der Waals surface area contributed by atoms with Crippen LogP contribution in [0.15, 0.2) is 6.20 Å². The Kier molecular flexibility index (Phi) is 5.59. The number of hydrogen-bond donors (Lipinski definition) is 2. The van der Waals surface area contributed by atoms with Crippen molar-refractivity contribution in [1.82, 2.24) is 10.4 Å². The molecule has 0 spiro atoms. The molecule has 1 fully saturated rings. The van der Waals surface area contributed by atoms with Crippen LogP contribution in [-0.4, -0.2) is 18.1 Å². The molecular weight excluding hydrogens is 262 g/mol. The molecule has 3 N–H and O–H groups in total. The van der Waals surface area contributed by atoms with E-state index in [0.717, 1.165) is 34.9 Å². The van der Waals surface area contributed by atoms with E-state index in [-0.39, 0.29) is 0 Å². The van der Waals surface area contributed by atoms with Crippen LogP contribution in [0.25, 0.3) is 0 Å². The summed E-state index contributed by atoms with van der Waals surface area (Å²) in [6.07, 6.45) is 7.92. The van der Waals surface area contributed by atoms with Crippen LogP contribution < -0.4 is 16.0 Å². The highest BCUT2D eigenvalue weighted by Crippen LogP contribution is 2.32. The van der Waals surface area contributed by atoms with Crippen LogP contribution in [0, 0.1) is 25.7 Å². The number of aromatic nitrogens is 1. The van der Waals surface area contributed by atoms with E-state index in [1.165, 1.54) is 25.7 Å². The summed E-state index contributed by atoms with van der Waals surface area (Å²) in [5.74, 6) is 8.29. The van der Waals surface area contributed by atoms with E-state index >= 15 is 0 Å². The van der Waals surface area contributed by atoms with Crippen molar-refractivity contribution in [3.63, 3.8) is 0 Å². The average Bonchev–Trinajstić information content (AvgIpc) is 2.48. The quantitative estimate of drug-likeness (QED) is 0.647. The van der Waals surface area contributed by atoms with Gasteiger partial charge in [-0.3, -0.25) is 16.3 Å². The molecule has 1 saturated carbocycles. The van der Waals surface area contributed by atoms with Crippen molar-refractivity contribution in [2.45, 2.75) is 58.9 Å². The van der Waals surface area contributed by atoms with E-state index < -0.39 is 0 Å². The lowest BCUT2D eigenvalue weighted by Gasteiger charge is -2.32. The predicted octanol–water partition coefficient (Wildman–Crippen LogP) is 2.91. The molecule has 0 aliphatic heterocycles. The number of aryl methyl sites for hydroxylation is 1. The maximum Gasteiger partial charge on any atom is 0.128 e. The van der Waals surface area contributed by atoms with Crippen molar-refractivity contribution in [2.24, 2.45) is 17.7 Å². The first kappa shape index (κ1) is 16.2. The summed E-state index contributed by atoms with van der Waals surface area (Å²) in [7, 11) is 1.72. The van der Waals surface area contributed by atoms with E-state index in [2.05, 4.69) is 24.3 Å². The molecule has 0 saturated heterocycles. The third-order valence-electron chi connectivity index (χ3n) is 5.01. The van der Waals surface area contributed by atoms with Crippen LogP contribution in [0.3, 0.4) is 0 Å². The van der Waals surface area contributed by atoms with Gasteiger partial charge in [0.15, 0.2) is 0 Å². The molecule has 1 aliphatic carbocycles. The summed E-state index contributed by atoms with van der Waals surface area (Å²) >= 11 is 0. The van der Waals surface area contributed by atoms with Crippen LogP contribution in [0.2, 0.25) is 0 Å². The molecule has 2 rings (SSSR count). The fraction of sp³-hybridized carbons (Fsp3) is 0.706. The summed E-state index contributed by atoms with van der Waals surface area (Å²) in [4.78, 5) is 4.61. The lowest BCUT2D eigenvalue weighted by atomic mass is 9.78. The Balaban J connectivity index is 2.12. The van der Waals surface area contributed by atoms with Crippen LogP contribution in [-0.2, 0) is 6.42 Å². The molecule has 118 valence electrons. The monoisotopic (exact) mass is 291 g/mol. The molecule has 0 amide bonds. The smallest absolute Gasteiger partial charge is 0.128 e. The van der Waals surface area contributed by atoms with Crippen LogP contribution in [0.5, 0.6) is 5.75 Å². The second-order valence-corrected chi connectivity index (χ2v) is 6.54. The van der Waals surface area contributed by atoms with Crippen molar-refractivity contribution < 1.29 is 4.74 Å². The van der Waals surface area contributed by atoms with Gasteiger partial charge in [-0.05, 0) is 38.5 Å². The molecule has 0 radical (unpaired) electrons. The van der Waals surface area contributed by atoms with Gasteiger partial charge in [0.1, 0.15) is 5.75 Å². The Morgan fingerprint density at radius 1 is 1.33 bits per heavy atom. The third kappa shape index (κ3) is 3.74. The van der Waals surface area contributed by atoms with Crippen molar-refractivity contribution in [2.75, 3.05) is 7.11 Å². The topological polar surface area (TPSA) is 60.2 Å². The minimum absolute atomic E-state index is 0.302. The number of hydrogen-bond acceptors (Lipinski definition) is 4. The van der Waals surface area contributed by atoms with Gasteiger partial charge in [-0.2, -0.15) is 0 Å². The Morgan fingerprint density at radius 2 is 2.00 bits per heavy atom. The molecule has 1 aromatic heterocycles. The van der Waals surface area contributed by atoms with E-state index in [0.29, 0.717) is 12.0 Å². The first-order valence-corrected chi connectivity index (χ1v) is 8.02. The largest absolute Gasteiger partial charge is 0.496 e. The number of pyridine rings is 1. The number of methoxy groups -OCH3 is 1. The molecule has 0 aromatic carbocycles. The number of hydrazine groups is 1. The SMILES string of the molecule is COc1c(C)cnc(CC(NN)C2CCC(C)CC2)c1C. The minimum atomic E-state index is 0.302. The maximum atomic E-state index is 5.83. The second-order valence-electron chi connectivity index (χ2n) is 6.54. The van der Waals surface area contributed by atoms with E-state index in [1.807, 2.05) is 13.1 Å². The highest BCUT2D eigenvalue weighted by Gasteiger charge is 2.26. The summed E-state index contributed by atoms with van der Waals surface area (Å²) in [6, 6.07) is 0.302. The Morgan fingerprint density at radius 3 is 2.57 bits per heavy atom. The molecule has 0 bridgehead atoms. The molecule has 4 heteroatoms. The first-order valence-electron chi connectivity index (χ1n) is 8.02. The fourth-order valence-corrected chi connectivity index (χ4v) is 3.54. The van der Waals surface area contributed by atoms with E-state index in [1.54, 1.807) is 7.11 Å². The van der Waals surface area contributed by atoms with Crippen molar-refractivity contribution in [3.8, 4) is 5.75 Å². The van der Waals surface area contributed by atoms with Gasteiger partial charge in [-0.1, -0.05) is 19.8 Å². The van der Waals surface area contributed by atoms with Crippen molar-refractivity contribution in [1.29, 1.82) is 0 Å². The van der Waals surface area contributed by atoms with Crippen LogP contribution in [0.4, 0.5) is 0 Å². The lowest BCUT2D eigenvalue weighted by molar-refractivity contribution is 0.228. The first-order chi connectivity index (χ1) is 10.1. The minimum Gasteiger partial charge on any atom is -0.496 e. The number of nitrogens with two attached hydrogens (primary N) is 1. The van der Waals surface area contributed by atoms with Gasteiger partial charge in [0.2, 0.25) is 0 Å². The summed E-state index contributed by atoms with van der Waals surface area (Å²) in [5, 5.41) is 0. The van der Waals surface area contributed by atoms with Gasteiger partial charge in [0.05, 0.1) is 7.11 Å². The molecule has 21 heavy (non-hydrogen) atoms. The number of nitrogens with one attached hydrogen (secondary N) is 1. The summed E-state index contributed by atoms with van der Waals surface area (Å²) in [5.41, 5.74) is 6.36. The normalized spacial score (nSPS) is 23.9. The number of rotatable bonds is 5. The Labute approximate surface area is 128 Å². The summed E-state index contributed by atoms with van der Waals surface area (Å²) in [6.45, 7) is 6.46. The molecule has 1 heterocycles. The number of ether oxygens (including phenoxy) is 1. The Bertz CT molecular complexity index is 467. The van der Waals surface area contributed by atoms with Gasteiger partial charge in [0, 0.05) is 35.5 Å². The van der Waals surface area contributed by atoms with Crippen LogP contribution in [0.1, 0.15) is 49.4 Å². The third-order valence-corrected chi connectivity index (χ3v) is 5.01. The molecule has 1 unspecified atom stereocenters. The zero-order chi connectivity index (χ0) is 15.4. The average molecular weight is 291 g/mol.